The zero-order valence-corrected chi connectivity index (χ0v) is 8.46. The Morgan fingerprint density at radius 1 is 1.43 bits per heavy atom. The van der Waals surface area contributed by atoms with Gasteiger partial charge in [-0.3, -0.25) is 4.79 Å². The van der Waals surface area contributed by atoms with Gasteiger partial charge >= 0.3 is 0 Å². The normalized spacial score (nSPS) is 18.1. The van der Waals surface area contributed by atoms with Crippen LogP contribution >= 0.6 is 0 Å². The first-order valence-electron chi connectivity index (χ1n) is 4.81. The maximum Gasteiger partial charge on any atom is 0.233 e. The van der Waals surface area contributed by atoms with E-state index in [0.717, 1.165) is 24.2 Å². The summed E-state index contributed by atoms with van der Waals surface area (Å²) < 4.78 is 5.79. The first-order valence-corrected chi connectivity index (χ1v) is 4.81. The third-order valence-corrected chi connectivity index (χ3v) is 2.56. The lowest BCUT2D eigenvalue weighted by atomic mass is 9.93. The van der Waals surface area contributed by atoms with Crippen LogP contribution in [0.5, 0.6) is 5.75 Å². The molecule has 0 aliphatic carbocycles. The Hall–Kier alpha value is -1.31. The molecule has 0 spiro atoms. The maximum absolute atomic E-state index is 10.5. The smallest absolute Gasteiger partial charge is 0.233 e. The van der Waals surface area contributed by atoms with Crippen LogP contribution in [-0.2, 0) is 11.2 Å². The predicted molar refractivity (Wildman–Crippen MR) is 54.3 cm³/mol. The number of ether oxygens (including phenoxy) is 1. The second kappa shape index (κ2) is 3.12. The van der Waals surface area contributed by atoms with Crippen LogP contribution in [0, 0.1) is 0 Å². The molecular formula is C12H13O2. The third kappa shape index (κ3) is 1.65. The lowest BCUT2D eigenvalue weighted by molar-refractivity contribution is 0.0847. The molecule has 14 heavy (non-hydrogen) atoms. The van der Waals surface area contributed by atoms with Crippen LogP contribution in [0.2, 0.25) is 0 Å². The fourth-order valence-electron chi connectivity index (χ4n) is 1.72. The molecule has 0 saturated heterocycles. The van der Waals surface area contributed by atoms with Crippen molar-refractivity contribution >= 4 is 6.29 Å². The van der Waals surface area contributed by atoms with E-state index in [1.807, 2.05) is 18.4 Å². The van der Waals surface area contributed by atoms with Gasteiger partial charge in [0.05, 0.1) is 0 Å². The van der Waals surface area contributed by atoms with E-state index in [1.165, 1.54) is 0 Å². The van der Waals surface area contributed by atoms with Crippen LogP contribution in [0.15, 0.2) is 18.2 Å². The molecule has 2 heteroatoms. The van der Waals surface area contributed by atoms with Gasteiger partial charge in [0.25, 0.3) is 0 Å². The largest absolute Gasteiger partial charge is 0.488 e. The van der Waals surface area contributed by atoms with Crippen molar-refractivity contribution < 1.29 is 9.53 Å². The standard InChI is InChI=1S/C12H13O2/c1-12(2)6-5-10-7-9(8-13)3-4-11(10)14-12/h3-4,7H,5-6H2,1-2H3. The molecule has 1 aromatic carbocycles. The first-order chi connectivity index (χ1) is 6.61. The molecule has 0 fully saturated rings. The molecule has 73 valence electrons. The first kappa shape index (κ1) is 9.25. The van der Waals surface area contributed by atoms with Crippen molar-refractivity contribution in [1.82, 2.24) is 0 Å². The molecule has 0 saturated carbocycles. The highest BCUT2D eigenvalue weighted by atomic mass is 16.5. The highest BCUT2D eigenvalue weighted by Crippen LogP contribution is 2.33. The fourth-order valence-corrected chi connectivity index (χ4v) is 1.72. The zero-order valence-electron chi connectivity index (χ0n) is 8.46. The summed E-state index contributed by atoms with van der Waals surface area (Å²) in [5.41, 5.74) is 1.64. The second-order valence-electron chi connectivity index (χ2n) is 4.29. The van der Waals surface area contributed by atoms with E-state index in [1.54, 1.807) is 6.07 Å². The highest BCUT2D eigenvalue weighted by molar-refractivity contribution is 5.76. The van der Waals surface area contributed by atoms with Crippen molar-refractivity contribution in [2.75, 3.05) is 0 Å². The Morgan fingerprint density at radius 3 is 2.93 bits per heavy atom. The Bertz CT molecular complexity index is 367. The van der Waals surface area contributed by atoms with Crippen LogP contribution in [0.4, 0.5) is 0 Å². The molecule has 0 N–H and O–H groups in total. The minimum absolute atomic E-state index is 0.0839. The van der Waals surface area contributed by atoms with E-state index in [0.29, 0.717) is 5.56 Å². The van der Waals surface area contributed by atoms with E-state index in [4.69, 9.17) is 4.74 Å². The topological polar surface area (TPSA) is 26.3 Å². The van der Waals surface area contributed by atoms with Gasteiger partial charge in [-0.2, -0.15) is 0 Å². The molecule has 2 nitrogen and oxygen atoms in total. The molecule has 1 aromatic rings. The summed E-state index contributed by atoms with van der Waals surface area (Å²) in [4.78, 5) is 10.5. The third-order valence-electron chi connectivity index (χ3n) is 2.56. The number of rotatable bonds is 1. The molecule has 0 unspecified atom stereocenters. The quantitative estimate of drug-likeness (QED) is 0.677. The summed E-state index contributed by atoms with van der Waals surface area (Å²) in [6.07, 6.45) is 3.85. The maximum atomic E-state index is 10.5. The Kier molecular flexibility index (Phi) is 2.06. The van der Waals surface area contributed by atoms with Crippen LogP contribution in [0.1, 0.15) is 31.4 Å². The fraction of sp³-hybridized carbons (Fsp3) is 0.417. The Morgan fingerprint density at radius 2 is 2.21 bits per heavy atom. The molecule has 2 rings (SSSR count). The molecule has 1 aliphatic heterocycles. The number of hydrogen-bond acceptors (Lipinski definition) is 2. The summed E-state index contributed by atoms with van der Waals surface area (Å²) in [6.45, 7) is 4.16. The summed E-state index contributed by atoms with van der Waals surface area (Å²) >= 11 is 0. The van der Waals surface area contributed by atoms with Crippen LogP contribution < -0.4 is 4.74 Å². The Balaban J connectivity index is 2.37. The van der Waals surface area contributed by atoms with E-state index in [-0.39, 0.29) is 5.60 Å². The number of aryl methyl sites for hydroxylation is 1. The van der Waals surface area contributed by atoms with Gasteiger partial charge in [-0.1, -0.05) is 0 Å². The SMILES string of the molecule is CC1(C)CCc2cc([C]=O)ccc2O1. The number of benzene rings is 1. The molecular weight excluding hydrogens is 176 g/mol. The average molecular weight is 189 g/mol. The van der Waals surface area contributed by atoms with Gasteiger partial charge in [0, 0.05) is 5.56 Å². The van der Waals surface area contributed by atoms with Crippen molar-refractivity contribution in [3.05, 3.63) is 29.3 Å². The van der Waals surface area contributed by atoms with Gasteiger partial charge in [0.15, 0.2) is 0 Å². The summed E-state index contributed by atoms with van der Waals surface area (Å²) in [5, 5.41) is 0. The molecule has 0 amide bonds. The van der Waals surface area contributed by atoms with Crippen molar-refractivity contribution in [3.8, 4) is 5.75 Å². The van der Waals surface area contributed by atoms with Crippen LogP contribution in [0.3, 0.4) is 0 Å². The van der Waals surface area contributed by atoms with Crippen molar-refractivity contribution in [2.24, 2.45) is 0 Å². The van der Waals surface area contributed by atoms with Gasteiger partial charge in [-0.05, 0) is 50.5 Å². The monoisotopic (exact) mass is 189 g/mol. The summed E-state index contributed by atoms with van der Waals surface area (Å²) in [5.74, 6) is 0.903. The van der Waals surface area contributed by atoms with Crippen molar-refractivity contribution in [2.45, 2.75) is 32.3 Å². The predicted octanol–water partition coefficient (Wildman–Crippen LogP) is 2.25. The van der Waals surface area contributed by atoms with Crippen molar-refractivity contribution in [3.63, 3.8) is 0 Å². The number of carbonyl (C=O) groups excluding carboxylic acids is 1. The van der Waals surface area contributed by atoms with Crippen LogP contribution in [-0.4, -0.2) is 11.9 Å². The highest BCUT2D eigenvalue weighted by Gasteiger charge is 2.26. The van der Waals surface area contributed by atoms with E-state index < -0.39 is 0 Å². The van der Waals surface area contributed by atoms with Gasteiger partial charge in [0.2, 0.25) is 6.29 Å². The Labute approximate surface area is 83.9 Å². The van der Waals surface area contributed by atoms with Crippen LogP contribution in [0.25, 0.3) is 0 Å². The number of hydrogen-bond donors (Lipinski definition) is 0. The lowest BCUT2D eigenvalue weighted by Gasteiger charge is -2.32. The van der Waals surface area contributed by atoms with E-state index in [2.05, 4.69) is 13.8 Å². The second-order valence-corrected chi connectivity index (χ2v) is 4.29. The van der Waals surface area contributed by atoms with Gasteiger partial charge in [0.1, 0.15) is 11.4 Å². The average Bonchev–Trinajstić information content (AvgIpc) is 2.16. The zero-order chi connectivity index (χ0) is 10.2. The summed E-state index contributed by atoms with van der Waals surface area (Å²) in [7, 11) is 0. The minimum Gasteiger partial charge on any atom is -0.488 e. The molecule has 0 bridgehead atoms. The molecule has 0 aromatic heterocycles. The lowest BCUT2D eigenvalue weighted by Crippen LogP contribution is -2.32. The molecule has 1 radical (unpaired) electrons. The molecule has 1 heterocycles. The van der Waals surface area contributed by atoms with Gasteiger partial charge in [-0.25, -0.2) is 0 Å². The molecule has 0 atom stereocenters. The van der Waals surface area contributed by atoms with Gasteiger partial charge < -0.3 is 4.74 Å². The summed E-state index contributed by atoms with van der Waals surface area (Å²) in [6, 6.07) is 5.46. The van der Waals surface area contributed by atoms with E-state index >= 15 is 0 Å². The van der Waals surface area contributed by atoms with Crippen molar-refractivity contribution in [1.29, 1.82) is 0 Å². The minimum atomic E-state index is -0.0839. The van der Waals surface area contributed by atoms with Gasteiger partial charge in [-0.15, -0.1) is 0 Å². The van der Waals surface area contributed by atoms with E-state index in [9.17, 15) is 4.79 Å². The molecule has 1 aliphatic rings. The number of fused-ring (bicyclic) bond motifs is 1.